The summed E-state index contributed by atoms with van der Waals surface area (Å²) < 4.78 is 2.20. The van der Waals surface area contributed by atoms with Crippen LogP contribution in [0.25, 0.3) is 0 Å². The van der Waals surface area contributed by atoms with Crippen LogP contribution < -0.4 is 32.3 Å². The number of hydrogen-bond donors (Lipinski definition) is 14. The molecule has 0 saturated carbocycles. The topological polar surface area (TPSA) is 333 Å². The maximum atomic E-state index is 12.8. The van der Waals surface area contributed by atoms with E-state index in [9.17, 15) is 44.4 Å². The second-order valence-electron chi connectivity index (χ2n) is 11.0. The van der Waals surface area contributed by atoms with Crippen molar-refractivity contribution in [1.29, 1.82) is 0 Å². The smallest absolute Gasteiger partial charge is 0.253 e. The first-order valence-electron chi connectivity index (χ1n) is 15.4. The maximum absolute atomic E-state index is 12.8. The molecular weight excluding hydrogens is 1410 g/mol. The molecule has 0 fully saturated rings. The minimum absolute atomic E-state index is 0.0805. The molecule has 55 heavy (non-hydrogen) atoms. The maximum Gasteiger partial charge on any atom is 0.253 e. The van der Waals surface area contributed by atoms with Crippen molar-refractivity contribution in [2.75, 3.05) is 63.9 Å². The Morgan fingerprint density at radius 1 is 0.455 bits per heavy atom. The van der Waals surface area contributed by atoms with Crippen LogP contribution in [0.15, 0.2) is 0 Å². The third-order valence-electron chi connectivity index (χ3n) is 6.98. The van der Waals surface area contributed by atoms with Crippen molar-refractivity contribution in [1.82, 2.24) is 21.3 Å². The number of amides is 5. The monoisotopic (exact) mass is 1450 g/mol. The zero-order valence-electron chi connectivity index (χ0n) is 28.4. The third-order valence-corrected chi connectivity index (χ3v) is 13.5. The summed E-state index contributed by atoms with van der Waals surface area (Å²) in [5.41, 5.74) is 6.98. The number of nitrogens with one attached hydrogen (secondary N) is 5. The van der Waals surface area contributed by atoms with E-state index in [2.05, 4.69) is 26.6 Å². The lowest BCUT2D eigenvalue weighted by molar-refractivity contribution is -0.114. The fraction of sp³-hybridized carbons (Fsp3) is 0.433. The van der Waals surface area contributed by atoms with Gasteiger partial charge in [-0.2, -0.15) is 0 Å². The number of aliphatic hydroxyl groups is 8. The number of aliphatic hydroxyl groups excluding tert-OH is 8. The summed E-state index contributed by atoms with van der Waals surface area (Å²) in [5.74, 6) is -2.89. The Kier molecular flexibility index (Phi) is 24.9. The molecule has 0 saturated heterocycles. The Morgan fingerprint density at radius 3 is 0.873 bits per heavy atom. The van der Waals surface area contributed by atoms with Gasteiger partial charge in [0.2, 0.25) is 5.91 Å². The highest BCUT2D eigenvalue weighted by molar-refractivity contribution is 14.1. The van der Waals surface area contributed by atoms with Crippen LogP contribution in [0.3, 0.4) is 0 Å². The summed E-state index contributed by atoms with van der Waals surface area (Å²) in [6, 6.07) is -3.49. The average Bonchev–Trinajstić information content (AvgIpc) is 3.14. The Balaban J connectivity index is 0.000000553. The number of anilines is 2. The van der Waals surface area contributed by atoms with Gasteiger partial charge in [-0.05, 0) is 136 Å². The molecule has 2 rings (SSSR count). The normalized spacial score (nSPS) is 11.0. The highest BCUT2D eigenvalue weighted by Crippen LogP contribution is 2.36. The lowest BCUT2D eigenvalue weighted by atomic mass is 10.1. The van der Waals surface area contributed by atoms with Gasteiger partial charge in [0, 0.05) is 14.1 Å². The van der Waals surface area contributed by atoms with Gasteiger partial charge in [0.25, 0.3) is 23.6 Å². The standard InChI is InChI=1S/C16H20I3N3O7.C14H18I3N3O6/c1-6(27)20-14-12(18)9(15(28)21-7(2-23)3-24)11(17)10(13(14)19)16(29)22-8(4-25)5-26;15-9-7(13(25)19-5(1-21)2-22)10(16)12(18)11(17)8(9)14(26)20-6(3-23)4-24/h7-8,23-26H,2-5H2,1H3,(H,20,27)(H,21,28)(H,22,29);5-6,21-24H,1-4,18H2,(H,19,25)(H,20,26). The molecule has 19 nitrogen and oxygen atoms in total. The van der Waals surface area contributed by atoms with Crippen molar-refractivity contribution >= 4 is 176 Å². The highest BCUT2D eigenvalue weighted by Gasteiger charge is 2.31. The summed E-state index contributed by atoms with van der Waals surface area (Å²) in [6.07, 6.45) is 0. The predicted octanol–water partition coefficient (Wildman–Crippen LogP) is -1.13. The van der Waals surface area contributed by atoms with Crippen LogP contribution in [0.5, 0.6) is 0 Å². The van der Waals surface area contributed by atoms with E-state index in [0.29, 0.717) is 17.9 Å². The number of nitrogens with two attached hydrogens (primary N) is 1. The molecule has 0 unspecified atom stereocenters. The first-order chi connectivity index (χ1) is 25.8. The Labute approximate surface area is 396 Å². The average molecular weight is 1450 g/mol. The van der Waals surface area contributed by atoms with Crippen molar-refractivity contribution in [3.05, 3.63) is 43.7 Å². The first-order valence-corrected chi connectivity index (χ1v) is 21.9. The lowest BCUT2D eigenvalue weighted by Crippen LogP contribution is -2.42. The van der Waals surface area contributed by atoms with Gasteiger partial charge in [-0.25, -0.2) is 0 Å². The van der Waals surface area contributed by atoms with Crippen LogP contribution in [0.1, 0.15) is 48.4 Å². The van der Waals surface area contributed by atoms with E-state index in [1.54, 1.807) is 0 Å². The van der Waals surface area contributed by atoms with Crippen LogP contribution in [-0.4, -0.2) is 147 Å². The van der Waals surface area contributed by atoms with E-state index in [1.165, 1.54) is 6.92 Å². The van der Waals surface area contributed by atoms with E-state index in [0.717, 1.165) is 0 Å². The largest absolute Gasteiger partial charge is 0.397 e. The molecule has 0 heterocycles. The number of hydrogen-bond acceptors (Lipinski definition) is 14. The number of benzene rings is 2. The molecule has 0 bridgehead atoms. The highest BCUT2D eigenvalue weighted by atomic mass is 127. The number of carbonyl (C=O) groups excluding carboxylic acids is 5. The van der Waals surface area contributed by atoms with Gasteiger partial charge in [-0.3, -0.25) is 24.0 Å². The zero-order valence-corrected chi connectivity index (χ0v) is 41.4. The van der Waals surface area contributed by atoms with Crippen molar-refractivity contribution in [3.8, 4) is 0 Å². The van der Waals surface area contributed by atoms with Crippen LogP contribution in [0.4, 0.5) is 11.4 Å². The van der Waals surface area contributed by atoms with E-state index < -0.39 is 107 Å². The second-order valence-corrected chi connectivity index (χ2v) is 17.5. The van der Waals surface area contributed by atoms with Gasteiger partial charge in [-0.15, -0.1) is 0 Å². The lowest BCUT2D eigenvalue weighted by Gasteiger charge is -2.21. The Hall–Kier alpha value is -0.350. The Morgan fingerprint density at radius 2 is 0.673 bits per heavy atom. The SMILES string of the molecule is CC(=O)Nc1c(I)c(C(=O)NC(CO)CO)c(I)c(C(=O)NC(CO)CO)c1I.Nc1c(I)c(C(=O)NC(CO)CO)c(I)c(C(=O)NC(CO)CO)c1I. The summed E-state index contributed by atoms with van der Waals surface area (Å²) >= 11 is 11.2. The quantitative estimate of drug-likeness (QED) is 0.0659. The fourth-order valence-electron chi connectivity index (χ4n) is 4.06. The summed E-state index contributed by atoms with van der Waals surface area (Å²) in [7, 11) is 0. The minimum Gasteiger partial charge on any atom is -0.397 e. The fourth-order valence-corrected chi connectivity index (χ4v) is 12.6. The van der Waals surface area contributed by atoms with Crippen LogP contribution in [0.2, 0.25) is 0 Å². The zero-order chi connectivity index (χ0) is 42.3. The minimum atomic E-state index is -0.900. The molecular formula is C30H38I6N6O13. The van der Waals surface area contributed by atoms with Crippen LogP contribution in [0, 0.1) is 21.4 Å². The van der Waals surface area contributed by atoms with Gasteiger partial charge in [0.1, 0.15) is 0 Å². The van der Waals surface area contributed by atoms with Crippen LogP contribution in [-0.2, 0) is 4.79 Å². The molecule has 5 amide bonds. The van der Waals surface area contributed by atoms with Crippen molar-refractivity contribution in [2.45, 2.75) is 31.1 Å². The molecule has 2 aromatic rings. The van der Waals surface area contributed by atoms with E-state index in [-0.39, 0.29) is 37.2 Å². The molecule has 0 radical (unpaired) electrons. The molecule has 15 N–H and O–H groups in total. The van der Waals surface area contributed by atoms with Gasteiger partial charge in [-0.1, -0.05) is 0 Å². The number of rotatable bonds is 17. The molecule has 2 aromatic carbocycles. The number of carbonyl (C=O) groups is 5. The van der Waals surface area contributed by atoms with Crippen LogP contribution >= 0.6 is 136 Å². The van der Waals surface area contributed by atoms with Gasteiger partial charge in [0.05, 0.1) is 125 Å². The molecule has 25 heteroatoms. The second kappa shape index (κ2) is 26.0. The molecule has 308 valence electrons. The number of halogens is 6. The van der Waals surface area contributed by atoms with Gasteiger partial charge >= 0.3 is 0 Å². The van der Waals surface area contributed by atoms with Crippen molar-refractivity contribution in [3.63, 3.8) is 0 Å². The Bertz CT molecular complexity index is 1600. The molecule has 0 aliphatic rings. The van der Waals surface area contributed by atoms with Crippen molar-refractivity contribution < 1.29 is 64.8 Å². The first kappa shape index (κ1) is 52.7. The molecule has 0 aromatic heterocycles. The molecule has 0 spiro atoms. The molecule has 0 aliphatic heterocycles. The summed E-state index contributed by atoms with van der Waals surface area (Å²) in [6.45, 7) is -2.45. The van der Waals surface area contributed by atoms with Gasteiger partial charge in [0.15, 0.2) is 0 Å². The predicted molar refractivity (Wildman–Crippen MR) is 250 cm³/mol. The molecule has 0 aliphatic carbocycles. The van der Waals surface area contributed by atoms with E-state index >= 15 is 0 Å². The van der Waals surface area contributed by atoms with E-state index in [4.69, 9.17) is 26.2 Å². The third kappa shape index (κ3) is 14.4. The van der Waals surface area contributed by atoms with Gasteiger partial charge < -0.3 is 73.2 Å². The summed E-state index contributed by atoms with van der Waals surface area (Å²) in [4.78, 5) is 62.4. The van der Waals surface area contributed by atoms with Crippen molar-refractivity contribution in [2.24, 2.45) is 0 Å². The van der Waals surface area contributed by atoms with E-state index in [1.807, 2.05) is 136 Å². The summed E-state index contributed by atoms with van der Waals surface area (Å²) in [5, 5.41) is 86.0. The number of nitrogen functional groups attached to an aromatic ring is 1. The molecule has 0 atom stereocenters.